The molecule has 32 heavy (non-hydrogen) atoms. The molecule has 0 atom stereocenters. The highest BCUT2D eigenvalue weighted by atomic mass is 16.5. The summed E-state index contributed by atoms with van der Waals surface area (Å²) in [5.41, 5.74) is 0.413. The fraction of sp³-hybridized carbons (Fsp3) is 0.417. The third-order valence-electron chi connectivity index (χ3n) is 4.42. The van der Waals surface area contributed by atoms with Gasteiger partial charge >= 0.3 is 0 Å². The summed E-state index contributed by atoms with van der Waals surface area (Å²) in [4.78, 5) is 26.1. The lowest BCUT2D eigenvalue weighted by atomic mass is 10.1. The highest BCUT2D eigenvalue weighted by Crippen LogP contribution is 2.29. The summed E-state index contributed by atoms with van der Waals surface area (Å²) in [7, 11) is 3.20. The smallest absolute Gasteiger partial charge is 0.254 e. The number of carbonyl (C=O) groups excluding carboxylic acids is 2. The van der Waals surface area contributed by atoms with E-state index in [0.717, 1.165) is 12.2 Å². The summed E-state index contributed by atoms with van der Waals surface area (Å²) in [6.07, 6.45) is 0.718. The van der Waals surface area contributed by atoms with Crippen LogP contribution >= 0.6 is 0 Å². The van der Waals surface area contributed by atoms with Crippen LogP contribution in [0.4, 0.5) is 0 Å². The van der Waals surface area contributed by atoms with Crippen molar-refractivity contribution < 1.29 is 28.5 Å². The van der Waals surface area contributed by atoms with E-state index in [1.165, 1.54) is 4.90 Å². The van der Waals surface area contributed by atoms with E-state index in [-0.39, 0.29) is 18.4 Å². The Balaban J connectivity index is 1.90. The number of para-hydroxylation sites is 1. The van der Waals surface area contributed by atoms with Crippen LogP contribution in [0.15, 0.2) is 48.5 Å². The van der Waals surface area contributed by atoms with E-state index >= 15 is 0 Å². The SMILES string of the molecule is CCOc1cc(C(=O)N(C)CC(=O)NCCCOC)ccc1OCCOc1ccccc1. The largest absolute Gasteiger partial charge is 0.490 e. The zero-order valence-corrected chi connectivity index (χ0v) is 19.0. The van der Waals surface area contributed by atoms with Crippen molar-refractivity contribution in [2.24, 2.45) is 0 Å². The molecule has 0 radical (unpaired) electrons. The van der Waals surface area contributed by atoms with Gasteiger partial charge in [0.1, 0.15) is 19.0 Å². The highest BCUT2D eigenvalue weighted by molar-refractivity contribution is 5.96. The fourth-order valence-corrected chi connectivity index (χ4v) is 2.86. The molecule has 0 saturated carbocycles. The van der Waals surface area contributed by atoms with E-state index in [4.69, 9.17) is 18.9 Å². The van der Waals surface area contributed by atoms with Gasteiger partial charge in [-0.1, -0.05) is 18.2 Å². The third kappa shape index (κ3) is 8.47. The molecular weight excluding hydrogens is 412 g/mol. The van der Waals surface area contributed by atoms with Crippen LogP contribution in [0, 0.1) is 0 Å². The number of carbonyl (C=O) groups is 2. The first-order valence-corrected chi connectivity index (χ1v) is 10.6. The number of nitrogens with zero attached hydrogens (tertiary/aromatic N) is 1. The van der Waals surface area contributed by atoms with Gasteiger partial charge in [-0.15, -0.1) is 0 Å². The van der Waals surface area contributed by atoms with Crippen molar-refractivity contribution in [1.29, 1.82) is 0 Å². The lowest BCUT2D eigenvalue weighted by Crippen LogP contribution is -2.38. The molecule has 1 N–H and O–H groups in total. The first kappa shape index (κ1) is 25.0. The maximum absolute atomic E-state index is 12.8. The first-order valence-electron chi connectivity index (χ1n) is 10.6. The summed E-state index contributed by atoms with van der Waals surface area (Å²) in [5.74, 6) is 1.26. The lowest BCUT2D eigenvalue weighted by Gasteiger charge is -2.18. The number of likely N-dealkylation sites (N-methyl/N-ethyl adjacent to an activating group) is 1. The van der Waals surface area contributed by atoms with Gasteiger partial charge in [0, 0.05) is 32.9 Å². The van der Waals surface area contributed by atoms with Crippen molar-refractivity contribution in [3.63, 3.8) is 0 Å². The molecule has 0 aliphatic rings. The minimum absolute atomic E-state index is 0.0368. The van der Waals surface area contributed by atoms with Gasteiger partial charge in [0.2, 0.25) is 5.91 Å². The summed E-state index contributed by atoms with van der Waals surface area (Å²) in [5, 5.41) is 2.77. The first-order chi connectivity index (χ1) is 15.5. The van der Waals surface area contributed by atoms with Crippen LogP contribution in [0.2, 0.25) is 0 Å². The molecule has 0 unspecified atom stereocenters. The minimum atomic E-state index is -0.281. The Morgan fingerprint density at radius 3 is 2.41 bits per heavy atom. The Bertz CT molecular complexity index is 844. The molecule has 2 aromatic rings. The number of hydrogen-bond donors (Lipinski definition) is 1. The number of ether oxygens (including phenoxy) is 4. The molecule has 0 spiro atoms. The topological polar surface area (TPSA) is 86.3 Å². The average Bonchev–Trinajstić information content (AvgIpc) is 2.80. The van der Waals surface area contributed by atoms with Crippen molar-refractivity contribution in [1.82, 2.24) is 10.2 Å². The summed E-state index contributed by atoms with van der Waals surface area (Å²) in [6.45, 7) is 4.02. The molecule has 8 heteroatoms. The maximum Gasteiger partial charge on any atom is 0.254 e. The quantitative estimate of drug-likeness (QED) is 0.451. The molecule has 2 rings (SSSR count). The van der Waals surface area contributed by atoms with Gasteiger partial charge in [-0.2, -0.15) is 0 Å². The van der Waals surface area contributed by atoms with Crippen LogP contribution in [0.1, 0.15) is 23.7 Å². The van der Waals surface area contributed by atoms with Crippen LogP contribution in [-0.2, 0) is 9.53 Å². The van der Waals surface area contributed by atoms with Crippen molar-refractivity contribution in [3.8, 4) is 17.2 Å². The Morgan fingerprint density at radius 2 is 1.69 bits per heavy atom. The Kier molecular flexibility index (Phi) is 10.9. The van der Waals surface area contributed by atoms with Crippen LogP contribution in [0.5, 0.6) is 17.2 Å². The van der Waals surface area contributed by atoms with E-state index in [1.54, 1.807) is 32.4 Å². The molecular formula is C24H32N2O6. The van der Waals surface area contributed by atoms with E-state index < -0.39 is 0 Å². The number of rotatable bonds is 14. The van der Waals surface area contributed by atoms with Gasteiger partial charge in [-0.25, -0.2) is 0 Å². The van der Waals surface area contributed by atoms with Crippen LogP contribution in [0.3, 0.4) is 0 Å². The lowest BCUT2D eigenvalue weighted by molar-refractivity contribution is -0.121. The molecule has 0 bridgehead atoms. The Hall–Kier alpha value is -3.26. The molecule has 0 fully saturated rings. The van der Waals surface area contributed by atoms with Crippen LogP contribution in [0.25, 0.3) is 0 Å². The van der Waals surface area contributed by atoms with Crippen LogP contribution < -0.4 is 19.5 Å². The van der Waals surface area contributed by atoms with Crippen molar-refractivity contribution in [3.05, 3.63) is 54.1 Å². The zero-order chi connectivity index (χ0) is 23.2. The average molecular weight is 445 g/mol. The molecule has 0 aliphatic carbocycles. The predicted molar refractivity (Wildman–Crippen MR) is 122 cm³/mol. The second kappa shape index (κ2) is 13.9. The highest BCUT2D eigenvalue weighted by Gasteiger charge is 2.17. The summed E-state index contributed by atoms with van der Waals surface area (Å²) < 4.78 is 22.0. The van der Waals surface area contributed by atoms with Gasteiger partial charge < -0.3 is 29.2 Å². The number of benzene rings is 2. The van der Waals surface area contributed by atoms with Gasteiger partial charge in [0.25, 0.3) is 5.91 Å². The van der Waals surface area contributed by atoms with Crippen molar-refractivity contribution in [2.45, 2.75) is 13.3 Å². The van der Waals surface area contributed by atoms with E-state index in [1.807, 2.05) is 37.3 Å². The van der Waals surface area contributed by atoms with E-state index in [2.05, 4.69) is 5.32 Å². The molecule has 8 nitrogen and oxygen atoms in total. The molecule has 0 saturated heterocycles. The minimum Gasteiger partial charge on any atom is -0.490 e. The zero-order valence-electron chi connectivity index (χ0n) is 19.0. The molecule has 2 aromatic carbocycles. The van der Waals surface area contributed by atoms with E-state index in [0.29, 0.717) is 50.0 Å². The number of nitrogens with one attached hydrogen (secondary N) is 1. The number of methoxy groups -OCH3 is 1. The van der Waals surface area contributed by atoms with Gasteiger partial charge in [-0.05, 0) is 43.7 Å². The van der Waals surface area contributed by atoms with Crippen LogP contribution in [-0.4, -0.2) is 70.4 Å². The second-order valence-electron chi connectivity index (χ2n) is 6.96. The predicted octanol–water partition coefficient (Wildman–Crippen LogP) is 2.77. The maximum atomic E-state index is 12.8. The van der Waals surface area contributed by atoms with E-state index in [9.17, 15) is 9.59 Å². The monoisotopic (exact) mass is 444 g/mol. The molecule has 0 aromatic heterocycles. The van der Waals surface area contributed by atoms with Gasteiger partial charge in [0.05, 0.1) is 13.2 Å². The van der Waals surface area contributed by atoms with Crippen molar-refractivity contribution >= 4 is 11.8 Å². The summed E-state index contributed by atoms with van der Waals surface area (Å²) in [6, 6.07) is 14.5. The molecule has 0 aliphatic heterocycles. The Morgan fingerprint density at radius 1 is 0.938 bits per heavy atom. The van der Waals surface area contributed by atoms with Gasteiger partial charge in [-0.3, -0.25) is 9.59 Å². The normalized spacial score (nSPS) is 10.3. The van der Waals surface area contributed by atoms with Crippen molar-refractivity contribution in [2.75, 3.05) is 53.7 Å². The number of hydrogen-bond acceptors (Lipinski definition) is 6. The fourth-order valence-electron chi connectivity index (χ4n) is 2.86. The molecule has 2 amide bonds. The summed E-state index contributed by atoms with van der Waals surface area (Å²) >= 11 is 0. The molecule has 174 valence electrons. The molecule has 0 heterocycles. The number of amides is 2. The Labute approximate surface area is 189 Å². The second-order valence-corrected chi connectivity index (χ2v) is 6.96. The van der Waals surface area contributed by atoms with Gasteiger partial charge in [0.15, 0.2) is 11.5 Å². The standard InChI is InChI=1S/C24H32N2O6/c1-4-30-22-17-19(24(28)26(2)18-23(27)25-13-8-14-29-3)11-12-21(22)32-16-15-31-20-9-6-5-7-10-20/h5-7,9-12,17H,4,8,13-16,18H2,1-3H3,(H,25,27). The third-order valence-corrected chi connectivity index (χ3v) is 4.42.